The highest BCUT2D eigenvalue weighted by Gasteiger charge is 2.58. The highest BCUT2D eigenvalue weighted by Crippen LogP contribution is 2.66. The molecule has 3 fully saturated rings. The average molecular weight is 521 g/mol. The number of benzene rings is 1. The molecule has 5 rings (SSSR count). The second-order valence-corrected chi connectivity index (χ2v) is 13.6. The van der Waals surface area contributed by atoms with Gasteiger partial charge in [0.25, 0.3) is 0 Å². The van der Waals surface area contributed by atoms with E-state index in [-0.39, 0.29) is 18.1 Å². The quantitative estimate of drug-likeness (QED) is 0.175. The lowest BCUT2D eigenvalue weighted by atomic mass is 9.47. The van der Waals surface area contributed by atoms with Crippen LogP contribution in [0.1, 0.15) is 123 Å². The summed E-state index contributed by atoms with van der Waals surface area (Å²) in [6.45, 7) is 7.81. The first-order valence-corrected chi connectivity index (χ1v) is 16.0. The summed E-state index contributed by atoms with van der Waals surface area (Å²) in [6.07, 6.45) is 22.0. The summed E-state index contributed by atoms with van der Waals surface area (Å²) in [5.41, 5.74) is 3.41. The van der Waals surface area contributed by atoms with Gasteiger partial charge in [0, 0.05) is 6.42 Å². The van der Waals surface area contributed by atoms with Crippen LogP contribution in [0, 0.1) is 34.5 Å². The summed E-state index contributed by atoms with van der Waals surface area (Å²) in [5, 5.41) is 0. The number of hydrogen-bond donors (Lipinski definition) is 0. The first kappa shape index (κ1) is 27.8. The number of carbonyl (C=O) groups excluding carboxylic acids is 1. The van der Waals surface area contributed by atoms with Gasteiger partial charge in [0.2, 0.25) is 0 Å². The van der Waals surface area contributed by atoms with Crippen molar-refractivity contribution in [3.63, 3.8) is 0 Å². The maximum absolute atomic E-state index is 12.4. The predicted octanol–water partition coefficient (Wildman–Crippen LogP) is 10.0. The Bertz CT molecular complexity index is 953. The molecule has 0 amide bonds. The van der Waals surface area contributed by atoms with Gasteiger partial charge >= 0.3 is 6.16 Å². The van der Waals surface area contributed by atoms with Gasteiger partial charge in [0.1, 0.15) is 12.7 Å². The third-order valence-corrected chi connectivity index (χ3v) is 11.6. The molecular weight excluding hydrogens is 468 g/mol. The first-order chi connectivity index (χ1) is 18.4. The maximum Gasteiger partial charge on any atom is 0.508 e. The lowest BCUT2D eigenvalue weighted by Crippen LogP contribution is -2.50. The second kappa shape index (κ2) is 12.2. The van der Waals surface area contributed by atoms with E-state index in [4.69, 9.17) is 9.47 Å². The van der Waals surface area contributed by atoms with E-state index in [1.165, 1.54) is 77.0 Å². The molecule has 0 spiro atoms. The maximum atomic E-state index is 12.4. The molecule has 0 radical (unpaired) electrons. The molecule has 38 heavy (non-hydrogen) atoms. The molecule has 0 heterocycles. The van der Waals surface area contributed by atoms with Crippen LogP contribution in [0.3, 0.4) is 0 Å². The number of hydrogen-bond acceptors (Lipinski definition) is 3. The third kappa shape index (κ3) is 5.73. The topological polar surface area (TPSA) is 35.5 Å². The van der Waals surface area contributed by atoms with Gasteiger partial charge in [-0.15, -0.1) is 0 Å². The molecule has 3 heteroatoms. The Morgan fingerprint density at radius 1 is 0.921 bits per heavy atom. The molecule has 3 nitrogen and oxygen atoms in total. The summed E-state index contributed by atoms with van der Waals surface area (Å²) in [6, 6.07) is 9.84. The zero-order valence-corrected chi connectivity index (χ0v) is 24.4. The van der Waals surface area contributed by atoms with E-state index in [2.05, 4.69) is 26.8 Å². The zero-order chi connectivity index (χ0) is 26.6. The fourth-order valence-electron chi connectivity index (χ4n) is 9.37. The van der Waals surface area contributed by atoms with Gasteiger partial charge < -0.3 is 9.47 Å². The molecule has 0 aromatic heterocycles. The molecule has 0 bridgehead atoms. The molecule has 0 N–H and O–H groups in total. The van der Waals surface area contributed by atoms with Crippen molar-refractivity contribution in [3.8, 4) is 0 Å². The monoisotopic (exact) mass is 520 g/mol. The molecule has 3 saturated carbocycles. The molecule has 1 aromatic rings. The smallest absolute Gasteiger partial charge is 0.431 e. The van der Waals surface area contributed by atoms with Crippen LogP contribution in [-0.4, -0.2) is 12.3 Å². The van der Waals surface area contributed by atoms with Gasteiger partial charge in [-0.05, 0) is 91.4 Å². The van der Waals surface area contributed by atoms with Crippen molar-refractivity contribution in [2.75, 3.05) is 0 Å². The van der Waals surface area contributed by atoms with E-state index in [9.17, 15) is 4.79 Å². The Morgan fingerprint density at radius 3 is 2.53 bits per heavy atom. The largest absolute Gasteiger partial charge is 0.508 e. The average Bonchev–Trinajstić information content (AvgIpc) is 3.26. The lowest BCUT2D eigenvalue weighted by molar-refractivity contribution is -0.0567. The Balaban J connectivity index is 1.15. The Morgan fingerprint density at radius 2 is 1.71 bits per heavy atom. The SMILES string of the molecule is CCCCCCCC[C@H]1CC[C@H]2[C@@H]3CC=C4C[C@@H](OC(=O)OCc5ccccc5)CC[C@]4(C)[C@H]3CC[C@]12C. The molecule has 0 aliphatic heterocycles. The zero-order valence-electron chi connectivity index (χ0n) is 24.4. The van der Waals surface area contributed by atoms with Crippen LogP contribution in [0.4, 0.5) is 4.79 Å². The van der Waals surface area contributed by atoms with Gasteiger partial charge in [-0.1, -0.05) is 101 Å². The second-order valence-electron chi connectivity index (χ2n) is 13.6. The fraction of sp³-hybridized carbons (Fsp3) is 0.743. The van der Waals surface area contributed by atoms with Crippen molar-refractivity contribution in [1.82, 2.24) is 0 Å². The first-order valence-electron chi connectivity index (χ1n) is 16.0. The van der Waals surface area contributed by atoms with E-state index < -0.39 is 6.16 Å². The van der Waals surface area contributed by atoms with Gasteiger partial charge in [-0.3, -0.25) is 0 Å². The number of carbonyl (C=O) groups is 1. The van der Waals surface area contributed by atoms with Crippen LogP contribution in [-0.2, 0) is 16.1 Å². The molecule has 0 unspecified atom stereocenters. The Hall–Kier alpha value is -1.77. The van der Waals surface area contributed by atoms with E-state index in [0.717, 1.165) is 48.5 Å². The van der Waals surface area contributed by atoms with Crippen molar-refractivity contribution in [1.29, 1.82) is 0 Å². The molecular formula is C35H52O3. The molecule has 7 atom stereocenters. The number of rotatable bonds is 10. The highest BCUT2D eigenvalue weighted by molar-refractivity contribution is 5.60. The Labute approximate surface area is 232 Å². The number of fused-ring (bicyclic) bond motifs is 5. The minimum absolute atomic E-state index is 0.0452. The van der Waals surface area contributed by atoms with Crippen LogP contribution in [0.25, 0.3) is 0 Å². The van der Waals surface area contributed by atoms with Crippen molar-refractivity contribution < 1.29 is 14.3 Å². The van der Waals surface area contributed by atoms with E-state index in [1.54, 1.807) is 5.57 Å². The molecule has 4 aliphatic carbocycles. The van der Waals surface area contributed by atoms with Gasteiger partial charge in [0.05, 0.1) is 0 Å². The molecule has 210 valence electrons. The molecule has 4 aliphatic rings. The van der Waals surface area contributed by atoms with E-state index >= 15 is 0 Å². The third-order valence-electron chi connectivity index (χ3n) is 11.6. The highest BCUT2D eigenvalue weighted by atomic mass is 16.7. The summed E-state index contributed by atoms with van der Waals surface area (Å²) in [4.78, 5) is 12.4. The number of ether oxygens (including phenoxy) is 2. The van der Waals surface area contributed by atoms with Crippen molar-refractivity contribution in [3.05, 3.63) is 47.5 Å². The fourth-order valence-corrected chi connectivity index (χ4v) is 9.37. The number of allylic oxidation sites excluding steroid dienone is 1. The Kier molecular flexibility index (Phi) is 8.90. The van der Waals surface area contributed by atoms with Crippen LogP contribution in [0.15, 0.2) is 42.0 Å². The van der Waals surface area contributed by atoms with Crippen molar-refractivity contribution in [2.24, 2.45) is 34.5 Å². The number of unbranched alkanes of at least 4 members (excludes halogenated alkanes) is 5. The summed E-state index contributed by atoms with van der Waals surface area (Å²) in [7, 11) is 0. The van der Waals surface area contributed by atoms with Crippen LogP contribution < -0.4 is 0 Å². The van der Waals surface area contributed by atoms with Crippen molar-refractivity contribution >= 4 is 6.16 Å². The predicted molar refractivity (Wildman–Crippen MR) is 155 cm³/mol. The van der Waals surface area contributed by atoms with Crippen LogP contribution in [0.2, 0.25) is 0 Å². The minimum atomic E-state index is -0.521. The normalized spacial score (nSPS) is 36.0. The van der Waals surface area contributed by atoms with Gasteiger partial charge in [0.15, 0.2) is 0 Å². The molecule has 1 aromatic carbocycles. The summed E-state index contributed by atoms with van der Waals surface area (Å²) < 4.78 is 11.2. The van der Waals surface area contributed by atoms with Crippen LogP contribution in [0.5, 0.6) is 0 Å². The van der Waals surface area contributed by atoms with Crippen molar-refractivity contribution in [2.45, 2.75) is 130 Å². The van der Waals surface area contributed by atoms with E-state index in [1.807, 2.05) is 30.3 Å². The standard InChI is InChI=1S/C35H52O3/c1-4-5-6-7-8-12-15-27-17-19-31-30-18-16-28-24-29(38-33(36)37-25-26-13-10-9-11-14-26)20-22-35(28,3)32(30)21-23-34(27,31)2/h9-11,13-14,16,27,29-32H,4-8,12,15,17-25H2,1-3H3/t27-,29-,30-,31-,32-,34+,35-/m0/s1. The van der Waals surface area contributed by atoms with E-state index in [0.29, 0.717) is 5.41 Å². The minimum Gasteiger partial charge on any atom is -0.431 e. The summed E-state index contributed by atoms with van der Waals surface area (Å²) >= 11 is 0. The van der Waals surface area contributed by atoms with Crippen LogP contribution >= 0.6 is 0 Å². The van der Waals surface area contributed by atoms with Gasteiger partial charge in [-0.25, -0.2) is 4.79 Å². The summed E-state index contributed by atoms with van der Waals surface area (Å²) in [5.74, 6) is 3.51. The van der Waals surface area contributed by atoms with Gasteiger partial charge in [-0.2, -0.15) is 0 Å². The molecule has 0 saturated heterocycles. The lowest BCUT2D eigenvalue weighted by Gasteiger charge is -2.58.